The summed E-state index contributed by atoms with van der Waals surface area (Å²) in [6.45, 7) is 3.91. The van der Waals surface area contributed by atoms with Gasteiger partial charge in [-0.15, -0.1) is 0 Å². The fourth-order valence-electron chi connectivity index (χ4n) is 3.72. The van der Waals surface area contributed by atoms with E-state index < -0.39 is 0 Å². The summed E-state index contributed by atoms with van der Waals surface area (Å²) in [4.78, 5) is 28.8. The van der Waals surface area contributed by atoms with E-state index in [0.717, 1.165) is 22.6 Å². The first kappa shape index (κ1) is 24.7. The van der Waals surface area contributed by atoms with E-state index in [9.17, 15) is 14.0 Å². The van der Waals surface area contributed by atoms with E-state index in [1.807, 2.05) is 43.3 Å². The van der Waals surface area contributed by atoms with Crippen molar-refractivity contribution in [2.75, 3.05) is 24.7 Å². The number of thioether (sulfide) groups is 1. The molecule has 3 aromatic carbocycles. The Labute approximate surface area is 209 Å². The highest BCUT2D eigenvalue weighted by atomic mass is 32.2. The van der Waals surface area contributed by atoms with Crippen molar-refractivity contribution in [2.24, 2.45) is 0 Å². The number of carbonyl (C=O) groups excluding carboxylic acids is 2. The first-order valence-corrected chi connectivity index (χ1v) is 12.4. The molecule has 1 aliphatic heterocycles. The summed E-state index contributed by atoms with van der Waals surface area (Å²) in [6, 6.07) is 21.2. The Morgan fingerprint density at radius 3 is 2.57 bits per heavy atom. The first-order valence-electron chi connectivity index (χ1n) is 11.6. The zero-order valence-electron chi connectivity index (χ0n) is 19.5. The molecule has 180 valence electrons. The van der Waals surface area contributed by atoms with Crippen molar-refractivity contribution in [3.63, 3.8) is 0 Å². The summed E-state index contributed by atoms with van der Waals surface area (Å²) in [5.41, 5.74) is 2.58. The Bertz CT molecular complexity index is 1230. The molecule has 7 heteroatoms. The van der Waals surface area contributed by atoms with Crippen molar-refractivity contribution >= 4 is 35.3 Å². The molecule has 0 bridgehead atoms. The molecule has 0 radical (unpaired) electrons. The summed E-state index contributed by atoms with van der Waals surface area (Å²) in [5, 5.41) is 2.88. The lowest BCUT2D eigenvalue weighted by Gasteiger charge is -2.30. The third kappa shape index (κ3) is 6.18. The van der Waals surface area contributed by atoms with E-state index in [1.165, 1.54) is 17.8 Å². The van der Waals surface area contributed by atoms with Crippen LogP contribution in [0.25, 0.3) is 6.08 Å². The van der Waals surface area contributed by atoms with E-state index in [2.05, 4.69) is 5.32 Å². The zero-order valence-corrected chi connectivity index (χ0v) is 20.3. The summed E-state index contributed by atoms with van der Waals surface area (Å²) in [6.07, 6.45) is 2.56. The Kier molecular flexibility index (Phi) is 8.34. The summed E-state index contributed by atoms with van der Waals surface area (Å²) in [7, 11) is 0. The number of hydrogen-bond donors (Lipinski definition) is 1. The van der Waals surface area contributed by atoms with Gasteiger partial charge in [0.25, 0.3) is 11.8 Å². The molecule has 1 heterocycles. The van der Waals surface area contributed by atoms with Crippen LogP contribution >= 0.6 is 11.8 Å². The maximum Gasteiger partial charge on any atom is 0.265 e. The highest BCUT2D eigenvalue weighted by Crippen LogP contribution is 2.42. The molecule has 3 aromatic rings. The molecule has 5 nitrogen and oxygen atoms in total. The number of halogens is 1. The van der Waals surface area contributed by atoms with Crippen molar-refractivity contribution in [1.29, 1.82) is 0 Å². The minimum atomic E-state index is -0.340. The van der Waals surface area contributed by atoms with E-state index in [0.29, 0.717) is 35.8 Å². The number of nitrogens with zero attached hydrogens (tertiary/aromatic N) is 1. The Hall–Kier alpha value is -3.42. The lowest BCUT2D eigenvalue weighted by Crippen LogP contribution is -2.34. The smallest absolute Gasteiger partial charge is 0.265 e. The minimum Gasteiger partial charge on any atom is -0.382 e. The number of amides is 2. The monoisotopic (exact) mass is 490 g/mol. The molecular weight excluding hydrogens is 463 g/mol. The van der Waals surface area contributed by atoms with Crippen molar-refractivity contribution in [1.82, 2.24) is 5.32 Å². The molecule has 0 fully saturated rings. The van der Waals surface area contributed by atoms with Crippen LogP contribution in [-0.4, -0.2) is 31.6 Å². The van der Waals surface area contributed by atoms with E-state index >= 15 is 0 Å². The fraction of sp³-hybridized carbons (Fsp3) is 0.214. The summed E-state index contributed by atoms with van der Waals surface area (Å²) >= 11 is 1.39. The molecule has 35 heavy (non-hydrogen) atoms. The highest BCUT2D eigenvalue weighted by Gasteiger charge is 2.29. The van der Waals surface area contributed by atoms with Gasteiger partial charge in [-0.1, -0.05) is 54.2 Å². The van der Waals surface area contributed by atoms with Crippen LogP contribution in [0, 0.1) is 5.82 Å². The second-order valence-electron chi connectivity index (χ2n) is 7.99. The van der Waals surface area contributed by atoms with E-state index in [-0.39, 0.29) is 24.2 Å². The van der Waals surface area contributed by atoms with Gasteiger partial charge < -0.3 is 15.0 Å². The topological polar surface area (TPSA) is 58.6 Å². The van der Waals surface area contributed by atoms with Crippen molar-refractivity contribution in [3.8, 4) is 0 Å². The van der Waals surface area contributed by atoms with Crippen molar-refractivity contribution < 1.29 is 18.7 Å². The van der Waals surface area contributed by atoms with Crippen LogP contribution in [0.1, 0.15) is 34.8 Å². The molecule has 1 N–H and O–H groups in total. The van der Waals surface area contributed by atoms with Gasteiger partial charge in [-0.25, -0.2) is 4.39 Å². The zero-order chi connectivity index (χ0) is 24.6. The second-order valence-corrected chi connectivity index (χ2v) is 9.07. The van der Waals surface area contributed by atoms with Crippen LogP contribution in [0.15, 0.2) is 82.6 Å². The van der Waals surface area contributed by atoms with E-state index in [1.54, 1.807) is 41.3 Å². The maximum absolute atomic E-state index is 14.3. The van der Waals surface area contributed by atoms with Gasteiger partial charge in [-0.2, -0.15) is 0 Å². The van der Waals surface area contributed by atoms with Gasteiger partial charge in [0.1, 0.15) is 5.82 Å². The summed E-state index contributed by atoms with van der Waals surface area (Å²) < 4.78 is 19.6. The number of anilines is 1. The van der Waals surface area contributed by atoms with Crippen molar-refractivity contribution in [2.45, 2.75) is 24.8 Å². The largest absolute Gasteiger partial charge is 0.382 e. The fourth-order valence-corrected chi connectivity index (χ4v) is 4.78. The molecule has 0 unspecified atom stereocenters. The summed E-state index contributed by atoms with van der Waals surface area (Å²) in [5.74, 6) is -0.671. The van der Waals surface area contributed by atoms with Gasteiger partial charge in [0.15, 0.2) is 0 Å². The third-order valence-corrected chi connectivity index (χ3v) is 6.62. The minimum absolute atomic E-state index is 0.142. The van der Waals surface area contributed by atoms with Crippen LogP contribution < -0.4 is 10.2 Å². The number of para-hydroxylation sites is 1. The molecule has 4 rings (SSSR count). The average molecular weight is 491 g/mol. The number of hydrogen-bond acceptors (Lipinski definition) is 4. The van der Waals surface area contributed by atoms with Gasteiger partial charge >= 0.3 is 0 Å². The highest BCUT2D eigenvalue weighted by molar-refractivity contribution is 8.04. The molecule has 0 aliphatic carbocycles. The molecule has 1 aliphatic rings. The molecular formula is C28H27FN2O3S. The molecule has 2 amide bonds. The molecule has 0 spiro atoms. The Morgan fingerprint density at radius 1 is 1.06 bits per heavy atom. The molecule has 0 saturated heterocycles. The quantitative estimate of drug-likeness (QED) is 0.311. The normalized spacial score (nSPS) is 14.2. The van der Waals surface area contributed by atoms with Gasteiger partial charge in [0.2, 0.25) is 0 Å². The first-order chi connectivity index (χ1) is 17.1. The van der Waals surface area contributed by atoms with Gasteiger partial charge in [-0.05, 0) is 55.3 Å². The van der Waals surface area contributed by atoms with Crippen LogP contribution in [0.2, 0.25) is 0 Å². The van der Waals surface area contributed by atoms with Gasteiger partial charge in [0, 0.05) is 35.8 Å². The van der Waals surface area contributed by atoms with E-state index in [4.69, 9.17) is 4.74 Å². The van der Waals surface area contributed by atoms with Crippen LogP contribution in [0.4, 0.5) is 10.1 Å². The van der Waals surface area contributed by atoms with Gasteiger partial charge in [-0.3, -0.25) is 9.59 Å². The van der Waals surface area contributed by atoms with Crippen molar-refractivity contribution in [3.05, 3.63) is 100 Å². The number of nitrogens with one attached hydrogen (secondary N) is 1. The third-order valence-electron chi connectivity index (χ3n) is 5.54. The van der Waals surface area contributed by atoms with Crippen LogP contribution in [-0.2, 0) is 16.1 Å². The Morgan fingerprint density at radius 2 is 1.80 bits per heavy atom. The Balaban J connectivity index is 1.51. The van der Waals surface area contributed by atoms with Crippen LogP contribution in [0.3, 0.4) is 0 Å². The van der Waals surface area contributed by atoms with Crippen LogP contribution in [0.5, 0.6) is 0 Å². The number of rotatable bonds is 9. The number of ether oxygens (including phenoxy) is 1. The average Bonchev–Trinajstić information content (AvgIpc) is 2.88. The number of benzene rings is 3. The molecule has 0 aromatic heterocycles. The predicted molar refractivity (Wildman–Crippen MR) is 138 cm³/mol. The number of carbonyl (C=O) groups is 2. The number of fused-ring (bicyclic) bond motifs is 1. The maximum atomic E-state index is 14.3. The molecule has 0 saturated carbocycles. The van der Waals surface area contributed by atoms with Gasteiger partial charge in [0.05, 0.1) is 17.1 Å². The second kappa shape index (κ2) is 11.8. The lowest BCUT2D eigenvalue weighted by atomic mass is 10.1. The molecule has 0 atom stereocenters. The lowest BCUT2D eigenvalue weighted by molar-refractivity contribution is -0.114. The standard InChI is InChI=1S/C28H27FN2O3S/c1-2-34-17-7-16-30-27(32)21-14-12-20(13-15-21)18-26-28(33)31(19-22-8-3-4-9-23(22)29)24-10-5-6-11-25(24)35-26/h3-6,8-15,18H,2,7,16-17,19H2,1H3,(H,30,32). The SMILES string of the molecule is CCOCCCNC(=O)c1ccc(C=C2Sc3ccccc3N(Cc3ccccc3F)C2=O)cc1. The predicted octanol–water partition coefficient (Wildman–Crippen LogP) is 5.66.